The van der Waals surface area contributed by atoms with Crippen LogP contribution in [0.3, 0.4) is 0 Å². The van der Waals surface area contributed by atoms with Gasteiger partial charge in [0, 0.05) is 5.69 Å². The fourth-order valence-corrected chi connectivity index (χ4v) is 1.92. The first-order chi connectivity index (χ1) is 9.28. The molecule has 0 spiro atoms. The predicted molar refractivity (Wildman–Crippen MR) is 76.0 cm³/mol. The summed E-state index contributed by atoms with van der Waals surface area (Å²) in [5, 5.41) is 11.5. The molecule has 1 amide bonds. The van der Waals surface area contributed by atoms with E-state index in [0.717, 1.165) is 17.7 Å². The van der Waals surface area contributed by atoms with E-state index in [1.165, 1.54) is 5.56 Å². The molecule has 3 heteroatoms. The van der Waals surface area contributed by atoms with Crippen molar-refractivity contribution in [2.45, 2.75) is 12.8 Å². The molecule has 98 valence electrons. The van der Waals surface area contributed by atoms with Crippen molar-refractivity contribution in [3.8, 4) is 0 Å². The zero-order chi connectivity index (χ0) is 13.5. The number of carbonyl (C=O) groups excluding carboxylic acids is 1. The van der Waals surface area contributed by atoms with Crippen molar-refractivity contribution in [1.82, 2.24) is 0 Å². The van der Waals surface area contributed by atoms with Crippen LogP contribution in [0.15, 0.2) is 54.6 Å². The van der Waals surface area contributed by atoms with Gasteiger partial charge < -0.3 is 10.4 Å². The summed E-state index contributed by atoms with van der Waals surface area (Å²) in [5.74, 6) is -0.167. The Labute approximate surface area is 112 Å². The second-order valence-electron chi connectivity index (χ2n) is 4.38. The van der Waals surface area contributed by atoms with E-state index in [1.807, 2.05) is 42.5 Å². The van der Waals surface area contributed by atoms with Crippen molar-refractivity contribution >= 4 is 11.6 Å². The predicted octanol–water partition coefficient (Wildman–Crippen LogP) is 2.60. The smallest absolute Gasteiger partial charge is 0.226 e. The first-order valence-electron chi connectivity index (χ1n) is 6.31. The first kappa shape index (κ1) is 13.3. The van der Waals surface area contributed by atoms with Gasteiger partial charge in [-0.2, -0.15) is 0 Å². The number of rotatable bonds is 5. The monoisotopic (exact) mass is 255 g/mol. The van der Waals surface area contributed by atoms with Crippen LogP contribution in [0.5, 0.6) is 0 Å². The maximum absolute atomic E-state index is 11.4. The van der Waals surface area contributed by atoms with Gasteiger partial charge in [-0.15, -0.1) is 0 Å². The van der Waals surface area contributed by atoms with Gasteiger partial charge in [0.15, 0.2) is 0 Å². The molecular formula is C16H17NO2. The number of amides is 1. The van der Waals surface area contributed by atoms with Crippen LogP contribution in [-0.4, -0.2) is 17.6 Å². The van der Waals surface area contributed by atoms with Crippen molar-refractivity contribution in [1.29, 1.82) is 0 Å². The quantitative estimate of drug-likeness (QED) is 0.862. The molecule has 0 aliphatic carbocycles. The topological polar surface area (TPSA) is 49.3 Å². The van der Waals surface area contributed by atoms with E-state index < -0.39 is 0 Å². The lowest BCUT2D eigenvalue weighted by atomic mass is 10.0. The lowest BCUT2D eigenvalue weighted by Crippen LogP contribution is -2.12. The third-order valence-corrected chi connectivity index (χ3v) is 2.80. The average Bonchev–Trinajstić information content (AvgIpc) is 2.40. The Balaban J connectivity index is 2.05. The Morgan fingerprint density at radius 1 is 1.00 bits per heavy atom. The molecule has 2 aromatic carbocycles. The van der Waals surface area contributed by atoms with Crippen molar-refractivity contribution in [2.75, 3.05) is 11.9 Å². The fourth-order valence-electron chi connectivity index (χ4n) is 1.92. The van der Waals surface area contributed by atoms with Gasteiger partial charge in [0.05, 0.1) is 13.0 Å². The lowest BCUT2D eigenvalue weighted by Gasteiger charge is -2.07. The highest BCUT2D eigenvalue weighted by Gasteiger charge is 2.02. The Bertz CT molecular complexity index is 537. The van der Waals surface area contributed by atoms with Gasteiger partial charge in [0.2, 0.25) is 5.91 Å². The van der Waals surface area contributed by atoms with Gasteiger partial charge in [-0.25, -0.2) is 0 Å². The summed E-state index contributed by atoms with van der Waals surface area (Å²) in [6.45, 7) is -0.129. The third-order valence-electron chi connectivity index (χ3n) is 2.80. The van der Waals surface area contributed by atoms with E-state index in [2.05, 4.69) is 17.4 Å². The standard InChI is InChI=1S/C16H17NO2/c18-10-9-16(19)17-15-8-4-7-14(12-15)11-13-5-2-1-3-6-13/h1-8,12,18H,9-11H2,(H,17,19). The number of nitrogens with one attached hydrogen (secondary N) is 1. The van der Waals surface area contributed by atoms with E-state index in [-0.39, 0.29) is 18.9 Å². The molecule has 0 aliphatic heterocycles. The van der Waals surface area contributed by atoms with Crippen LogP contribution < -0.4 is 5.32 Å². The minimum absolute atomic E-state index is 0.128. The van der Waals surface area contributed by atoms with Crippen molar-refractivity contribution < 1.29 is 9.90 Å². The Kier molecular flexibility index (Phi) is 4.70. The normalized spacial score (nSPS) is 10.2. The van der Waals surface area contributed by atoms with Gasteiger partial charge in [-0.05, 0) is 29.7 Å². The number of benzene rings is 2. The highest BCUT2D eigenvalue weighted by Crippen LogP contribution is 2.14. The van der Waals surface area contributed by atoms with Crippen molar-refractivity contribution in [2.24, 2.45) is 0 Å². The number of hydrogen-bond donors (Lipinski definition) is 2. The highest BCUT2D eigenvalue weighted by molar-refractivity contribution is 5.90. The molecule has 0 aliphatic rings. The van der Waals surface area contributed by atoms with Gasteiger partial charge in [-0.3, -0.25) is 4.79 Å². The van der Waals surface area contributed by atoms with Gasteiger partial charge in [0.1, 0.15) is 0 Å². The SMILES string of the molecule is O=C(CCO)Nc1cccc(Cc2ccccc2)c1. The van der Waals surface area contributed by atoms with Gasteiger partial charge >= 0.3 is 0 Å². The van der Waals surface area contributed by atoms with Crippen LogP contribution in [-0.2, 0) is 11.2 Å². The summed E-state index contributed by atoms with van der Waals surface area (Å²) >= 11 is 0. The molecule has 0 aromatic heterocycles. The molecule has 3 nitrogen and oxygen atoms in total. The molecule has 0 saturated heterocycles. The second-order valence-corrected chi connectivity index (χ2v) is 4.38. The number of carbonyl (C=O) groups is 1. The van der Waals surface area contributed by atoms with E-state index >= 15 is 0 Å². The molecule has 0 radical (unpaired) electrons. The molecule has 0 heterocycles. The molecule has 0 fully saturated rings. The minimum atomic E-state index is -0.167. The number of aliphatic hydroxyl groups excluding tert-OH is 1. The second kappa shape index (κ2) is 6.71. The molecular weight excluding hydrogens is 238 g/mol. The van der Waals surface area contributed by atoms with Gasteiger partial charge in [-0.1, -0.05) is 42.5 Å². The summed E-state index contributed by atoms with van der Waals surface area (Å²) in [6.07, 6.45) is 0.966. The minimum Gasteiger partial charge on any atom is -0.396 e. The summed E-state index contributed by atoms with van der Waals surface area (Å²) in [7, 11) is 0. The van der Waals surface area contributed by atoms with E-state index in [1.54, 1.807) is 0 Å². The molecule has 0 unspecified atom stereocenters. The van der Waals surface area contributed by atoms with Crippen LogP contribution in [0.25, 0.3) is 0 Å². The molecule has 19 heavy (non-hydrogen) atoms. The summed E-state index contributed by atoms with van der Waals surface area (Å²) < 4.78 is 0. The summed E-state index contributed by atoms with van der Waals surface area (Å²) in [6, 6.07) is 18.0. The molecule has 2 N–H and O–H groups in total. The highest BCUT2D eigenvalue weighted by atomic mass is 16.3. The Morgan fingerprint density at radius 3 is 2.47 bits per heavy atom. The maximum Gasteiger partial charge on any atom is 0.226 e. The summed E-state index contributed by atoms with van der Waals surface area (Å²) in [5.41, 5.74) is 3.15. The molecule has 2 rings (SSSR count). The van der Waals surface area contributed by atoms with Crippen molar-refractivity contribution in [3.05, 3.63) is 65.7 Å². The van der Waals surface area contributed by atoms with Crippen LogP contribution in [0.2, 0.25) is 0 Å². The van der Waals surface area contributed by atoms with Crippen LogP contribution in [0, 0.1) is 0 Å². The lowest BCUT2D eigenvalue weighted by molar-refractivity contribution is -0.116. The molecule has 2 aromatic rings. The largest absolute Gasteiger partial charge is 0.396 e. The van der Waals surface area contributed by atoms with Crippen molar-refractivity contribution in [3.63, 3.8) is 0 Å². The maximum atomic E-state index is 11.4. The first-order valence-corrected chi connectivity index (χ1v) is 6.31. The van der Waals surface area contributed by atoms with Crippen LogP contribution >= 0.6 is 0 Å². The zero-order valence-electron chi connectivity index (χ0n) is 10.7. The van der Waals surface area contributed by atoms with Crippen LogP contribution in [0.1, 0.15) is 17.5 Å². The van der Waals surface area contributed by atoms with E-state index in [9.17, 15) is 4.79 Å². The Hall–Kier alpha value is -2.13. The van der Waals surface area contributed by atoms with Crippen LogP contribution in [0.4, 0.5) is 5.69 Å². The van der Waals surface area contributed by atoms with E-state index in [4.69, 9.17) is 5.11 Å². The molecule has 0 atom stereocenters. The van der Waals surface area contributed by atoms with Gasteiger partial charge in [0.25, 0.3) is 0 Å². The fraction of sp³-hybridized carbons (Fsp3) is 0.188. The third kappa shape index (κ3) is 4.23. The number of aliphatic hydroxyl groups is 1. The molecule has 0 bridgehead atoms. The Morgan fingerprint density at radius 2 is 1.74 bits per heavy atom. The molecule has 0 saturated carbocycles. The number of anilines is 1. The zero-order valence-corrected chi connectivity index (χ0v) is 10.7. The van der Waals surface area contributed by atoms with E-state index in [0.29, 0.717) is 0 Å². The average molecular weight is 255 g/mol. The summed E-state index contributed by atoms with van der Waals surface area (Å²) in [4.78, 5) is 11.4. The number of hydrogen-bond acceptors (Lipinski definition) is 2.